The highest BCUT2D eigenvalue weighted by Gasteiger charge is 2.19. The lowest BCUT2D eigenvalue weighted by atomic mass is 10.1. The minimum Gasteiger partial charge on any atom is -0.441 e. The van der Waals surface area contributed by atoms with Crippen LogP contribution in [0.4, 0.5) is 5.69 Å². The summed E-state index contributed by atoms with van der Waals surface area (Å²) in [4.78, 5) is 17.5. The Bertz CT molecular complexity index is 1350. The van der Waals surface area contributed by atoms with Crippen LogP contribution in [0.15, 0.2) is 89.5 Å². The first-order chi connectivity index (χ1) is 15.2. The molecule has 0 bridgehead atoms. The number of amides is 1. The summed E-state index contributed by atoms with van der Waals surface area (Å²) in [5.74, 6) is 0.366. The van der Waals surface area contributed by atoms with E-state index in [4.69, 9.17) is 9.52 Å². The number of hydrogen-bond donors (Lipinski definition) is 1. The first-order valence-electron chi connectivity index (χ1n) is 10.0. The summed E-state index contributed by atoms with van der Waals surface area (Å²) in [5, 5.41) is 7.69. The van der Waals surface area contributed by atoms with E-state index in [-0.39, 0.29) is 5.91 Å². The Labute approximate surface area is 179 Å². The van der Waals surface area contributed by atoms with Gasteiger partial charge in [-0.2, -0.15) is 5.10 Å². The van der Waals surface area contributed by atoms with E-state index < -0.39 is 0 Å². The molecule has 1 N–H and O–H groups in total. The average Bonchev–Trinajstić information content (AvgIpc) is 3.37. The number of aryl methyl sites for hydroxylation is 1. The number of carbonyl (C=O) groups is 1. The number of benzene rings is 3. The molecular weight excluding hydrogens is 388 g/mol. The number of nitrogens with one attached hydrogen (secondary N) is 1. The van der Waals surface area contributed by atoms with Crippen molar-refractivity contribution in [2.75, 3.05) is 5.32 Å². The first-order valence-corrected chi connectivity index (χ1v) is 10.0. The molecule has 0 aliphatic heterocycles. The van der Waals surface area contributed by atoms with Crippen molar-refractivity contribution < 1.29 is 9.21 Å². The van der Waals surface area contributed by atoms with Crippen LogP contribution in [0, 0.1) is 6.92 Å². The number of nitrogens with zero attached hydrogens (tertiary/aromatic N) is 3. The van der Waals surface area contributed by atoms with Gasteiger partial charge in [0.05, 0.1) is 12.1 Å². The number of hydrogen-bond acceptors (Lipinski definition) is 4. The second kappa shape index (κ2) is 7.91. The van der Waals surface area contributed by atoms with Crippen molar-refractivity contribution in [1.82, 2.24) is 14.8 Å². The van der Waals surface area contributed by atoms with Gasteiger partial charge in [-0.15, -0.1) is 0 Å². The van der Waals surface area contributed by atoms with E-state index in [1.54, 1.807) is 29.9 Å². The van der Waals surface area contributed by atoms with Crippen LogP contribution in [0.5, 0.6) is 0 Å². The maximum absolute atomic E-state index is 13.2. The third kappa shape index (κ3) is 3.96. The summed E-state index contributed by atoms with van der Waals surface area (Å²) < 4.78 is 7.31. The predicted molar refractivity (Wildman–Crippen MR) is 120 cm³/mol. The smallest absolute Gasteiger partial charge is 0.259 e. The van der Waals surface area contributed by atoms with Crippen LogP contribution in [0.1, 0.15) is 21.8 Å². The normalized spacial score (nSPS) is 11.0. The number of rotatable bonds is 5. The minimum absolute atomic E-state index is 0.224. The molecule has 152 valence electrons. The highest BCUT2D eigenvalue weighted by Crippen LogP contribution is 2.25. The van der Waals surface area contributed by atoms with E-state index in [1.165, 1.54) is 0 Å². The topological polar surface area (TPSA) is 73.0 Å². The van der Waals surface area contributed by atoms with E-state index in [0.29, 0.717) is 40.5 Å². The molecule has 2 aromatic heterocycles. The van der Waals surface area contributed by atoms with Crippen LogP contribution >= 0.6 is 0 Å². The fraction of sp³-hybridized carbons (Fsp3) is 0.0800. The van der Waals surface area contributed by atoms with Crippen molar-refractivity contribution in [2.24, 2.45) is 0 Å². The van der Waals surface area contributed by atoms with E-state index in [1.807, 2.05) is 66.7 Å². The summed E-state index contributed by atoms with van der Waals surface area (Å²) in [6.45, 7) is 2.38. The Morgan fingerprint density at radius 1 is 1.00 bits per heavy atom. The molecule has 2 heterocycles. The van der Waals surface area contributed by atoms with Gasteiger partial charge in [-0.1, -0.05) is 60.7 Å². The van der Waals surface area contributed by atoms with Crippen molar-refractivity contribution in [3.8, 4) is 11.3 Å². The zero-order valence-corrected chi connectivity index (χ0v) is 16.9. The van der Waals surface area contributed by atoms with Gasteiger partial charge in [-0.05, 0) is 23.8 Å². The summed E-state index contributed by atoms with van der Waals surface area (Å²) in [5.41, 5.74) is 5.21. The van der Waals surface area contributed by atoms with Crippen molar-refractivity contribution in [2.45, 2.75) is 13.5 Å². The molecular formula is C25H20N4O2. The van der Waals surface area contributed by atoms with Crippen LogP contribution in [0.25, 0.3) is 22.4 Å². The van der Waals surface area contributed by atoms with E-state index in [9.17, 15) is 4.79 Å². The highest BCUT2D eigenvalue weighted by atomic mass is 16.3. The molecule has 3 aromatic carbocycles. The second-order valence-electron chi connectivity index (χ2n) is 7.31. The van der Waals surface area contributed by atoms with Crippen molar-refractivity contribution >= 4 is 22.7 Å². The molecule has 6 nitrogen and oxygen atoms in total. The van der Waals surface area contributed by atoms with Crippen LogP contribution in [-0.4, -0.2) is 20.7 Å². The SMILES string of the molecule is Cc1nc2cc(NC(=O)c3cn(Cc4ccccc4)nc3-c3ccccc3)ccc2o1. The van der Waals surface area contributed by atoms with Gasteiger partial charge in [0.2, 0.25) is 0 Å². The zero-order valence-electron chi connectivity index (χ0n) is 16.9. The molecule has 0 spiro atoms. The molecule has 0 unspecified atom stereocenters. The number of fused-ring (bicyclic) bond motifs is 1. The molecule has 0 fully saturated rings. The quantitative estimate of drug-likeness (QED) is 0.428. The summed E-state index contributed by atoms with van der Waals surface area (Å²) in [7, 11) is 0. The maximum Gasteiger partial charge on any atom is 0.259 e. The van der Waals surface area contributed by atoms with E-state index in [0.717, 1.165) is 11.1 Å². The lowest BCUT2D eigenvalue weighted by Crippen LogP contribution is -2.12. The summed E-state index contributed by atoms with van der Waals surface area (Å²) in [6, 6.07) is 25.2. The molecule has 0 radical (unpaired) electrons. The Balaban J connectivity index is 1.48. The standard InChI is InChI=1S/C25H20N4O2/c1-17-26-22-14-20(12-13-23(22)31-17)27-25(30)21-16-29(15-18-8-4-2-5-9-18)28-24(21)19-10-6-3-7-11-19/h2-14,16H,15H2,1H3,(H,27,30). The summed E-state index contributed by atoms with van der Waals surface area (Å²) >= 11 is 0. The van der Waals surface area contributed by atoms with Crippen LogP contribution in [-0.2, 0) is 6.54 Å². The Morgan fingerprint density at radius 2 is 1.74 bits per heavy atom. The molecule has 5 rings (SSSR count). The molecule has 0 atom stereocenters. The van der Waals surface area contributed by atoms with Crippen LogP contribution in [0.2, 0.25) is 0 Å². The van der Waals surface area contributed by atoms with Crippen LogP contribution < -0.4 is 5.32 Å². The van der Waals surface area contributed by atoms with E-state index >= 15 is 0 Å². The molecule has 0 aliphatic rings. The zero-order chi connectivity index (χ0) is 21.2. The fourth-order valence-corrected chi connectivity index (χ4v) is 3.57. The number of oxazole rings is 1. The van der Waals surface area contributed by atoms with Gasteiger partial charge in [0.25, 0.3) is 5.91 Å². The molecule has 0 saturated heterocycles. The van der Waals surface area contributed by atoms with Gasteiger partial charge in [-0.25, -0.2) is 4.98 Å². The third-order valence-electron chi connectivity index (χ3n) is 4.99. The second-order valence-corrected chi connectivity index (χ2v) is 7.31. The molecule has 5 aromatic rings. The Hall–Kier alpha value is -4.19. The number of anilines is 1. The number of aromatic nitrogens is 3. The van der Waals surface area contributed by atoms with Gasteiger partial charge in [-0.3, -0.25) is 9.48 Å². The average molecular weight is 408 g/mol. The van der Waals surface area contributed by atoms with Gasteiger partial charge in [0, 0.05) is 24.4 Å². The highest BCUT2D eigenvalue weighted by molar-refractivity contribution is 6.08. The lowest BCUT2D eigenvalue weighted by Gasteiger charge is -2.05. The first kappa shape index (κ1) is 18.8. The van der Waals surface area contributed by atoms with Gasteiger partial charge < -0.3 is 9.73 Å². The monoisotopic (exact) mass is 408 g/mol. The van der Waals surface area contributed by atoms with Crippen molar-refractivity contribution in [3.05, 3.63) is 102 Å². The summed E-state index contributed by atoms with van der Waals surface area (Å²) in [6.07, 6.45) is 1.80. The van der Waals surface area contributed by atoms with Gasteiger partial charge >= 0.3 is 0 Å². The minimum atomic E-state index is -0.224. The van der Waals surface area contributed by atoms with E-state index in [2.05, 4.69) is 10.3 Å². The molecule has 0 aliphatic carbocycles. The largest absolute Gasteiger partial charge is 0.441 e. The predicted octanol–water partition coefficient (Wildman–Crippen LogP) is 5.30. The molecule has 6 heteroatoms. The van der Waals surface area contributed by atoms with Gasteiger partial charge in [0.15, 0.2) is 11.5 Å². The Kier molecular flexibility index (Phi) is 4.80. The third-order valence-corrected chi connectivity index (χ3v) is 4.99. The Morgan fingerprint density at radius 3 is 2.52 bits per heavy atom. The van der Waals surface area contributed by atoms with Gasteiger partial charge in [0.1, 0.15) is 11.2 Å². The molecule has 31 heavy (non-hydrogen) atoms. The lowest BCUT2D eigenvalue weighted by molar-refractivity contribution is 0.102. The fourth-order valence-electron chi connectivity index (χ4n) is 3.57. The molecule has 0 saturated carbocycles. The van der Waals surface area contributed by atoms with Crippen LogP contribution in [0.3, 0.4) is 0 Å². The van der Waals surface area contributed by atoms with Crippen molar-refractivity contribution in [3.63, 3.8) is 0 Å². The molecule has 1 amide bonds. The number of carbonyl (C=O) groups excluding carboxylic acids is 1. The maximum atomic E-state index is 13.2. The van der Waals surface area contributed by atoms with Crippen molar-refractivity contribution in [1.29, 1.82) is 0 Å².